The van der Waals surface area contributed by atoms with Gasteiger partial charge in [-0.2, -0.15) is 5.10 Å². The Morgan fingerprint density at radius 1 is 1.00 bits per heavy atom. The maximum Gasteiger partial charge on any atom is 0.247 e. The monoisotopic (exact) mass is 362 g/mol. The van der Waals surface area contributed by atoms with Crippen LogP contribution in [0.2, 0.25) is 0 Å². The average molecular weight is 362 g/mol. The Hall–Kier alpha value is -2.66. The zero-order valence-corrected chi connectivity index (χ0v) is 15.6. The van der Waals surface area contributed by atoms with Crippen molar-refractivity contribution in [3.63, 3.8) is 0 Å². The lowest BCUT2D eigenvalue weighted by Crippen LogP contribution is -2.33. The van der Waals surface area contributed by atoms with Crippen molar-refractivity contribution in [3.8, 4) is 0 Å². The van der Waals surface area contributed by atoms with E-state index in [0.717, 1.165) is 32.6 Å². The highest BCUT2D eigenvalue weighted by Crippen LogP contribution is 2.22. The van der Waals surface area contributed by atoms with Gasteiger partial charge in [-0.25, -0.2) is 0 Å². The van der Waals surface area contributed by atoms with E-state index in [1.54, 1.807) is 6.07 Å². The lowest BCUT2D eigenvalue weighted by atomic mass is 9.90. The Morgan fingerprint density at radius 2 is 1.81 bits per heavy atom. The van der Waals surface area contributed by atoms with Crippen LogP contribution in [0.5, 0.6) is 0 Å². The second-order valence-corrected chi connectivity index (χ2v) is 7.51. The van der Waals surface area contributed by atoms with Gasteiger partial charge in [0.1, 0.15) is 0 Å². The lowest BCUT2D eigenvalue weighted by molar-refractivity contribution is 0.177. The zero-order valence-electron chi connectivity index (χ0n) is 15.6. The minimum atomic E-state index is -0.0247. The normalized spacial score (nSPS) is 15.9. The lowest BCUT2D eigenvalue weighted by Gasteiger charge is -2.32. The van der Waals surface area contributed by atoms with Gasteiger partial charge in [-0.15, -0.1) is 0 Å². The van der Waals surface area contributed by atoms with Gasteiger partial charge in [0.15, 0.2) is 0 Å². The molecule has 0 atom stereocenters. The quantitative estimate of drug-likeness (QED) is 0.733. The number of pyridine rings is 1. The molecule has 0 aliphatic carbocycles. The minimum Gasteiger partial charge on any atom is -0.329 e. The summed E-state index contributed by atoms with van der Waals surface area (Å²) in [6.07, 6.45) is 9.17. The van der Waals surface area contributed by atoms with E-state index in [1.807, 2.05) is 35.4 Å². The molecule has 0 amide bonds. The van der Waals surface area contributed by atoms with Crippen LogP contribution < -0.4 is 5.56 Å². The summed E-state index contributed by atoms with van der Waals surface area (Å²) in [4.78, 5) is 16.5. The van der Waals surface area contributed by atoms with Crippen molar-refractivity contribution in [1.29, 1.82) is 0 Å². The molecule has 0 bridgehead atoms. The van der Waals surface area contributed by atoms with Crippen LogP contribution in [0.4, 0.5) is 0 Å². The molecule has 3 heterocycles. The maximum atomic E-state index is 11.2. The first kappa shape index (κ1) is 17.7. The van der Waals surface area contributed by atoms with Crippen molar-refractivity contribution in [2.24, 2.45) is 5.92 Å². The van der Waals surface area contributed by atoms with Gasteiger partial charge in [0, 0.05) is 31.2 Å². The van der Waals surface area contributed by atoms with Crippen LogP contribution >= 0.6 is 0 Å². The smallest absolute Gasteiger partial charge is 0.247 e. The first-order valence-corrected chi connectivity index (χ1v) is 9.70. The zero-order chi connectivity index (χ0) is 18.5. The molecule has 140 valence electrons. The summed E-state index contributed by atoms with van der Waals surface area (Å²) in [7, 11) is 0. The van der Waals surface area contributed by atoms with Crippen LogP contribution in [-0.4, -0.2) is 32.8 Å². The Bertz CT molecular complexity index is 888. The Kier molecular flexibility index (Phi) is 5.49. The largest absolute Gasteiger partial charge is 0.329 e. The van der Waals surface area contributed by atoms with Gasteiger partial charge >= 0.3 is 0 Å². The van der Waals surface area contributed by atoms with Crippen molar-refractivity contribution in [3.05, 3.63) is 88.1 Å². The summed E-state index contributed by atoms with van der Waals surface area (Å²) in [5, 5.41) is 4.29. The predicted molar refractivity (Wildman–Crippen MR) is 107 cm³/mol. The molecule has 0 saturated carbocycles. The van der Waals surface area contributed by atoms with E-state index in [4.69, 9.17) is 0 Å². The highest BCUT2D eigenvalue weighted by molar-refractivity contribution is 5.23. The molecular formula is C22H26N4O. The number of hydrogen-bond donors (Lipinski definition) is 1. The summed E-state index contributed by atoms with van der Waals surface area (Å²) in [5.41, 5.74) is 3.88. The Labute approximate surface area is 159 Å². The first-order chi connectivity index (χ1) is 13.2. The topological polar surface area (TPSA) is 53.9 Å². The minimum absolute atomic E-state index is 0.0247. The van der Waals surface area contributed by atoms with E-state index >= 15 is 0 Å². The second kappa shape index (κ2) is 8.35. The van der Waals surface area contributed by atoms with Crippen molar-refractivity contribution in [2.75, 3.05) is 13.1 Å². The third kappa shape index (κ3) is 4.95. The third-order valence-corrected chi connectivity index (χ3v) is 5.38. The summed E-state index contributed by atoms with van der Waals surface area (Å²) in [6.45, 7) is 4.11. The fraction of sp³-hybridized carbons (Fsp3) is 0.364. The summed E-state index contributed by atoms with van der Waals surface area (Å²) in [6, 6.07) is 14.4. The molecule has 0 radical (unpaired) electrons. The van der Waals surface area contributed by atoms with E-state index in [-0.39, 0.29) is 5.56 Å². The molecule has 1 saturated heterocycles. The number of piperidine rings is 1. The fourth-order valence-electron chi connectivity index (χ4n) is 3.92. The molecule has 5 nitrogen and oxygen atoms in total. The number of aromatic nitrogens is 3. The molecular weight excluding hydrogens is 336 g/mol. The highest BCUT2D eigenvalue weighted by atomic mass is 16.1. The molecule has 5 heteroatoms. The molecule has 1 N–H and O–H groups in total. The number of rotatable bonds is 6. The van der Waals surface area contributed by atoms with Gasteiger partial charge < -0.3 is 4.98 Å². The highest BCUT2D eigenvalue weighted by Gasteiger charge is 2.19. The molecule has 2 aromatic heterocycles. The Morgan fingerprint density at radius 3 is 2.52 bits per heavy atom. The first-order valence-electron chi connectivity index (χ1n) is 9.70. The van der Waals surface area contributed by atoms with Crippen LogP contribution in [0.25, 0.3) is 0 Å². The van der Waals surface area contributed by atoms with E-state index < -0.39 is 0 Å². The number of likely N-dealkylation sites (tertiary alicyclic amines) is 1. The van der Waals surface area contributed by atoms with Crippen molar-refractivity contribution >= 4 is 0 Å². The van der Waals surface area contributed by atoms with Gasteiger partial charge in [-0.3, -0.25) is 14.4 Å². The van der Waals surface area contributed by atoms with Crippen LogP contribution in [0.3, 0.4) is 0 Å². The van der Waals surface area contributed by atoms with E-state index in [1.165, 1.54) is 29.5 Å². The molecule has 0 unspecified atom stereocenters. The Balaban J connectivity index is 1.29. The maximum absolute atomic E-state index is 11.2. The second-order valence-electron chi connectivity index (χ2n) is 7.51. The number of nitrogens with zero attached hydrogens (tertiary/aromatic N) is 3. The molecule has 4 rings (SSSR count). The summed E-state index contributed by atoms with van der Waals surface area (Å²) in [5.74, 6) is 0.707. The summed E-state index contributed by atoms with van der Waals surface area (Å²) < 4.78 is 1.96. The van der Waals surface area contributed by atoms with E-state index in [9.17, 15) is 4.79 Å². The van der Waals surface area contributed by atoms with E-state index in [2.05, 4.69) is 39.2 Å². The van der Waals surface area contributed by atoms with Crippen LogP contribution in [-0.2, 0) is 19.5 Å². The average Bonchev–Trinajstić information content (AvgIpc) is 3.19. The molecule has 1 aliphatic heterocycles. The number of H-pyrrole nitrogens is 1. The third-order valence-electron chi connectivity index (χ3n) is 5.38. The predicted octanol–water partition coefficient (Wildman–Crippen LogP) is 3.07. The number of hydrogen-bond acceptors (Lipinski definition) is 3. The van der Waals surface area contributed by atoms with Crippen molar-refractivity contribution < 1.29 is 0 Å². The molecule has 0 spiro atoms. The van der Waals surface area contributed by atoms with Gasteiger partial charge in [0.05, 0.1) is 6.54 Å². The standard InChI is InChI=1S/C22H26N4O/c27-22-6-5-19(15-23-22)13-18-7-11-25(12-8-18)16-20-3-1-4-21(14-20)17-26-10-2-9-24-26/h1-6,9-10,14-15,18H,7-8,11-13,16-17H2,(H,23,27). The number of aromatic amines is 1. The van der Waals surface area contributed by atoms with Crippen LogP contribution in [0, 0.1) is 5.92 Å². The van der Waals surface area contributed by atoms with E-state index in [0.29, 0.717) is 5.92 Å². The van der Waals surface area contributed by atoms with Gasteiger partial charge in [0.2, 0.25) is 5.56 Å². The van der Waals surface area contributed by atoms with Crippen LogP contribution in [0.1, 0.15) is 29.5 Å². The van der Waals surface area contributed by atoms with Gasteiger partial charge in [-0.1, -0.05) is 30.3 Å². The number of nitrogens with one attached hydrogen (secondary N) is 1. The van der Waals surface area contributed by atoms with Crippen LogP contribution in [0.15, 0.2) is 65.8 Å². The van der Waals surface area contributed by atoms with Crippen molar-refractivity contribution in [2.45, 2.75) is 32.4 Å². The number of benzene rings is 1. The van der Waals surface area contributed by atoms with Crippen molar-refractivity contribution in [1.82, 2.24) is 19.7 Å². The molecule has 1 aromatic carbocycles. The summed E-state index contributed by atoms with van der Waals surface area (Å²) >= 11 is 0. The van der Waals surface area contributed by atoms with Gasteiger partial charge in [0.25, 0.3) is 0 Å². The molecule has 27 heavy (non-hydrogen) atoms. The molecule has 3 aromatic rings. The fourth-order valence-corrected chi connectivity index (χ4v) is 3.92. The SMILES string of the molecule is O=c1ccc(CC2CCN(Cc3cccc(Cn4cccn4)c3)CC2)c[nH]1. The molecule has 1 fully saturated rings. The van der Waals surface area contributed by atoms with Gasteiger partial charge in [-0.05, 0) is 61.0 Å². The molecule has 1 aliphatic rings.